The molecule has 24 heavy (non-hydrogen) atoms. The van der Waals surface area contributed by atoms with E-state index in [4.69, 9.17) is 0 Å². The Morgan fingerprint density at radius 3 is 2.67 bits per heavy atom. The first-order chi connectivity index (χ1) is 11.7. The summed E-state index contributed by atoms with van der Waals surface area (Å²) in [5.74, 6) is -0.394. The summed E-state index contributed by atoms with van der Waals surface area (Å²) in [6.07, 6.45) is 8.19. The third-order valence-electron chi connectivity index (χ3n) is 3.86. The highest BCUT2D eigenvalue weighted by molar-refractivity contribution is 7.12. The predicted molar refractivity (Wildman–Crippen MR) is 94.4 cm³/mol. The maximum absolute atomic E-state index is 12.8. The normalized spacial score (nSPS) is 15.2. The number of hydrogen-bond acceptors (Lipinski definition) is 4. The molecule has 1 fully saturated rings. The number of carbonyl (C=O) groups excluding carboxylic acids is 2. The summed E-state index contributed by atoms with van der Waals surface area (Å²) >= 11 is 1.35. The van der Waals surface area contributed by atoms with Crippen molar-refractivity contribution >= 4 is 29.2 Å². The molecule has 0 aliphatic carbocycles. The van der Waals surface area contributed by atoms with Crippen molar-refractivity contribution in [1.82, 2.24) is 15.2 Å². The Kier molecular flexibility index (Phi) is 5.38. The molecule has 0 spiro atoms. The molecule has 0 bridgehead atoms. The van der Waals surface area contributed by atoms with Crippen molar-refractivity contribution in [2.24, 2.45) is 0 Å². The van der Waals surface area contributed by atoms with Crippen LogP contribution in [0.1, 0.15) is 34.5 Å². The lowest BCUT2D eigenvalue weighted by atomic mass is 10.1. The van der Waals surface area contributed by atoms with E-state index in [1.807, 2.05) is 17.5 Å². The second kappa shape index (κ2) is 7.88. The lowest BCUT2D eigenvalue weighted by Crippen LogP contribution is -2.41. The molecule has 124 valence electrons. The summed E-state index contributed by atoms with van der Waals surface area (Å²) in [6, 6.07) is 7.22. The molecule has 1 aliphatic heterocycles. The van der Waals surface area contributed by atoms with Gasteiger partial charge in [-0.15, -0.1) is 11.3 Å². The van der Waals surface area contributed by atoms with E-state index < -0.39 is 0 Å². The van der Waals surface area contributed by atoms with E-state index in [9.17, 15) is 9.59 Å². The van der Waals surface area contributed by atoms with Gasteiger partial charge in [0, 0.05) is 25.5 Å². The Morgan fingerprint density at radius 1 is 1.17 bits per heavy atom. The minimum atomic E-state index is -0.259. The van der Waals surface area contributed by atoms with Gasteiger partial charge in [-0.25, -0.2) is 0 Å². The lowest BCUT2D eigenvalue weighted by molar-refractivity contribution is -0.128. The van der Waals surface area contributed by atoms with Gasteiger partial charge in [0.1, 0.15) is 5.70 Å². The van der Waals surface area contributed by atoms with Crippen LogP contribution in [0.2, 0.25) is 0 Å². The molecule has 0 saturated carbocycles. The first-order valence-corrected chi connectivity index (χ1v) is 8.88. The molecule has 0 radical (unpaired) electrons. The second-order valence-corrected chi connectivity index (χ2v) is 6.58. The number of rotatable bonds is 4. The average molecular weight is 341 g/mol. The quantitative estimate of drug-likeness (QED) is 0.870. The third kappa shape index (κ3) is 4.08. The smallest absolute Gasteiger partial charge is 0.270 e. The summed E-state index contributed by atoms with van der Waals surface area (Å²) in [7, 11) is 0. The Balaban J connectivity index is 1.84. The van der Waals surface area contributed by atoms with E-state index in [0.29, 0.717) is 10.6 Å². The fourth-order valence-electron chi connectivity index (χ4n) is 2.64. The lowest BCUT2D eigenvalue weighted by Gasteiger charge is -2.27. The van der Waals surface area contributed by atoms with E-state index in [1.54, 1.807) is 35.5 Å². The van der Waals surface area contributed by atoms with E-state index in [2.05, 4.69) is 10.3 Å². The van der Waals surface area contributed by atoms with E-state index in [-0.39, 0.29) is 11.8 Å². The van der Waals surface area contributed by atoms with Crippen LogP contribution < -0.4 is 5.32 Å². The van der Waals surface area contributed by atoms with Crippen LogP contribution in [-0.2, 0) is 4.79 Å². The molecule has 6 heteroatoms. The molecule has 5 nitrogen and oxygen atoms in total. The first kappa shape index (κ1) is 16.4. The first-order valence-electron chi connectivity index (χ1n) is 8.00. The van der Waals surface area contributed by atoms with Gasteiger partial charge in [0.2, 0.25) is 0 Å². The van der Waals surface area contributed by atoms with E-state index in [0.717, 1.165) is 37.9 Å². The van der Waals surface area contributed by atoms with Gasteiger partial charge in [-0.2, -0.15) is 0 Å². The number of piperidine rings is 1. The van der Waals surface area contributed by atoms with E-state index >= 15 is 0 Å². The van der Waals surface area contributed by atoms with Crippen molar-refractivity contribution in [3.05, 3.63) is 58.2 Å². The highest BCUT2D eigenvalue weighted by atomic mass is 32.1. The van der Waals surface area contributed by atoms with Crippen LogP contribution in [0.4, 0.5) is 0 Å². The molecule has 0 unspecified atom stereocenters. The van der Waals surface area contributed by atoms with Gasteiger partial charge in [0.05, 0.1) is 4.88 Å². The van der Waals surface area contributed by atoms with Crippen molar-refractivity contribution in [2.75, 3.05) is 13.1 Å². The monoisotopic (exact) mass is 341 g/mol. The highest BCUT2D eigenvalue weighted by Gasteiger charge is 2.22. The number of thiophene rings is 1. The standard InChI is InChI=1S/C18H19N3O2S/c22-17(16-7-5-11-24-16)20-15(12-14-6-4-8-19-13-14)18(23)21-9-2-1-3-10-21/h4-8,11-13H,1-3,9-10H2,(H,20,22)/b15-12-. The molecule has 3 heterocycles. The number of pyridine rings is 1. The van der Waals surface area contributed by atoms with Crippen LogP contribution in [0.25, 0.3) is 6.08 Å². The summed E-state index contributed by atoms with van der Waals surface area (Å²) < 4.78 is 0. The number of nitrogens with one attached hydrogen (secondary N) is 1. The largest absolute Gasteiger partial charge is 0.337 e. The molecule has 1 saturated heterocycles. The molecule has 1 aliphatic rings. The summed E-state index contributed by atoms with van der Waals surface area (Å²) in [4.78, 5) is 31.6. The molecule has 2 aromatic rings. The summed E-state index contributed by atoms with van der Waals surface area (Å²) in [5, 5.41) is 4.62. The molecular weight excluding hydrogens is 322 g/mol. The molecule has 0 aromatic carbocycles. The predicted octanol–water partition coefficient (Wildman–Crippen LogP) is 2.93. The Bertz CT molecular complexity index is 720. The zero-order valence-electron chi connectivity index (χ0n) is 13.3. The highest BCUT2D eigenvalue weighted by Crippen LogP contribution is 2.15. The average Bonchev–Trinajstić information content (AvgIpc) is 3.17. The molecule has 2 amide bonds. The van der Waals surface area contributed by atoms with Crippen molar-refractivity contribution in [3.63, 3.8) is 0 Å². The fraction of sp³-hybridized carbons (Fsp3) is 0.278. The van der Waals surface area contributed by atoms with Gasteiger partial charge < -0.3 is 10.2 Å². The topological polar surface area (TPSA) is 62.3 Å². The van der Waals surface area contributed by atoms with Crippen LogP contribution in [0.3, 0.4) is 0 Å². The van der Waals surface area contributed by atoms with Gasteiger partial charge in [0.15, 0.2) is 0 Å². The van der Waals surface area contributed by atoms with Crippen LogP contribution in [0.15, 0.2) is 47.7 Å². The van der Waals surface area contributed by atoms with Crippen molar-refractivity contribution in [1.29, 1.82) is 0 Å². The van der Waals surface area contributed by atoms with Gasteiger partial charge in [-0.1, -0.05) is 12.1 Å². The number of aromatic nitrogens is 1. The van der Waals surface area contributed by atoms with Crippen molar-refractivity contribution < 1.29 is 9.59 Å². The number of nitrogens with zero attached hydrogens (tertiary/aromatic N) is 2. The SMILES string of the molecule is O=C(N/C(=C\c1cccnc1)C(=O)N1CCCCC1)c1cccs1. The van der Waals surface area contributed by atoms with Crippen LogP contribution in [0.5, 0.6) is 0 Å². The number of hydrogen-bond donors (Lipinski definition) is 1. The summed E-state index contributed by atoms with van der Waals surface area (Å²) in [6.45, 7) is 1.47. The molecule has 1 N–H and O–H groups in total. The number of likely N-dealkylation sites (tertiary alicyclic amines) is 1. The van der Waals surface area contributed by atoms with Gasteiger partial charge in [0.25, 0.3) is 11.8 Å². The fourth-order valence-corrected chi connectivity index (χ4v) is 3.26. The van der Waals surface area contributed by atoms with Gasteiger partial charge in [-0.05, 0) is 48.4 Å². The van der Waals surface area contributed by atoms with Crippen LogP contribution in [-0.4, -0.2) is 34.8 Å². The van der Waals surface area contributed by atoms with Crippen LogP contribution in [0, 0.1) is 0 Å². The molecular formula is C18H19N3O2S. The van der Waals surface area contributed by atoms with Crippen molar-refractivity contribution in [3.8, 4) is 0 Å². The Morgan fingerprint density at radius 2 is 2.00 bits per heavy atom. The minimum Gasteiger partial charge on any atom is -0.337 e. The number of carbonyl (C=O) groups is 2. The second-order valence-electron chi connectivity index (χ2n) is 5.63. The zero-order chi connectivity index (χ0) is 16.8. The molecule has 0 atom stereocenters. The third-order valence-corrected chi connectivity index (χ3v) is 4.73. The van der Waals surface area contributed by atoms with Gasteiger partial charge >= 0.3 is 0 Å². The maximum Gasteiger partial charge on any atom is 0.270 e. The van der Waals surface area contributed by atoms with Gasteiger partial charge in [-0.3, -0.25) is 14.6 Å². The molecule has 2 aromatic heterocycles. The minimum absolute atomic E-state index is 0.136. The maximum atomic E-state index is 12.8. The van der Waals surface area contributed by atoms with E-state index in [1.165, 1.54) is 11.3 Å². The Labute approximate surface area is 145 Å². The Hall–Kier alpha value is -2.47. The number of amides is 2. The molecule has 3 rings (SSSR count). The van der Waals surface area contributed by atoms with Crippen LogP contribution >= 0.6 is 11.3 Å². The summed E-state index contributed by atoms with van der Waals surface area (Å²) in [5.41, 5.74) is 1.08. The van der Waals surface area contributed by atoms with Crippen molar-refractivity contribution in [2.45, 2.75) is 19.3 Å². The zero-order valence-corrected chi connectivity index (χ0v) is 14.1.